The van der Waals surface area contributed by atoms with E-state index in [1.54, 1.807) is 0 Å². The van der Waals surface area contributed by atoms with Crippen LogP contribution in [0.5, 0.6) is 0 Å². The normalized spacial score (nSPS) is 14.2. The quantitative estimate of drug-likeness (QED) is 0.763. The zero-order chi connectivity index (χ0) is 12.4. The first-order valence-corrected chi connectivity index (χ1v) is 5.14. The van der Waals surface area contributed by atoms with E-state index >= 15 is 0 Å². The second-order valence-corrected chi connectivity index (χ2v) is 3.80. The predicted octanol–water partition coefficient (Wildman–Crippen LogP) is 1.18. The number of benzene rings is 1. The van der Waals surface area contributed by atoms with Gasteiger partial charge in [-0.25, -0.2) is 8.78 Å². The monoisotopic (exact) mass is 240 g/mol. The third-order valence-electron chi connectivity index (χ3n) is 2.32. The Labute approximate surface area is 96.0 Å². The van der Waals surface area contributed by atoms with Gasteiger partial charge in [-0.05, 0) is 25.0 Å². The summed E-state index contributed by atoms with van der Waals surface area (Å²) in [7, 11) is 0. The number of hydrogen-bond donors (Lipinski definition) is 2. The molecule has 1 aliphatic rings. The number of hydrogen-bond acceptors (Lipinski definition) is 2. The van der Waals surface area contributed by atoms with E-state index in [0.29, 0.717) is 0 Å². The lowest BCUT2D eigenvalue weighted by molar-refractivity contribution is -0.136. The van der Waals surface area contributed by atoms with Crippen LogP contribution in [0.2, 0.25) is 0 Å². The van der Waals surface area contributed by atoms with Gasteiger partial charge in [-0.2, -0.15) is 0 Å². The molecule has 17 heavy (non-hydrogen) atoms. The zero-order valence-corrected chi connectivity index (χ0v) is 8.80. The van der Waals surface area contributed by atoms with Gasteiger partial charge in [0, 0.05) is 6.04 Å². The summed E-state index contributed by atoms with van der Waals surface area (Å²) in [4.78, 5) is 22.6. The number of halogens is 2. The highest BCUT2D eigenvalue weighted by Gasteiger charge is 2.27. The van der Waals surface area contributed by atoms with Crippen LogP contribution >= 0.6 is 0 Å². The summed E-state index contributed by atoms with van der Waals surface area (Å²) < 4.78 is 26.3. The Balaban J connectivity index is 2.04. The van der Waals surface area contributed by atoms with Crippen LogP contribution in [0.25, 0.3) is 0 Å². The molecule has 6 heteroatoms. The third-order valence-corrected chi connectivity index (χ3v) is 2.32. The van der Waals surface area contributed by atoms with Crippen molar-refractivity contribution in [3.63, 3.8) is 0 Å². The number of nitrogens with one attached hydrogen (secondary N) is 2. The molecule has 0 atom stereocenters. The van der Waals surface area contributed by atoms with Gasteiger partial charge in [0.2, 0.25) is 0 Å². The molecule has 0 aliphatic heterocycles. The molecule has 0 aromatic heterocycles. The number of anilines is 1. The van der Waals surface area contributed by atoms with Gasteiger partial charge in [0.05, 0.1) is 0 Å². The molecule has 0 heterocycles. The summed E-state index contributed by atoms with van der Waals surface area (Å²) in [6.07, 6.45) is 1.65. The van der Waals surface area contributed by atoms with Gasteiger partial charge in [-0.15, -0.1) is 0 Å². The Bertz CT molecular complexity index is 452. The smallest absolute Gasteiger partial charge is 0.313 e. The highest BCUT2D eigenvalue weighted by atomic mass is 19.1. The summed E-state index contributed by atoms with van der Waals surface area (Å²) in [5.74, 6) is -3.79. The van der Waals surface area contributed by atoms with Gasteiger partial charge in [0.1, 0.15) is 17.3 Å². The molecular weight excluding hydrogens is 230 g/mol. The first-order chi connectivity index (χ1) is 8.08. The Morgan fingerprint density at radius 1 is 1.12 bits per heavy atom. The van der Waals surface area contributed by atoms with E-state index in [1.807, 2.05) is 5.32 Å². The van der Waals surface area contributed by atoms with E-state index in [4.69, 9.17) is 0 Å². The van der Waals surface area contributed by atoms with Crippen LogP contribution in [0.1, 0.15) is 12.8 Å². The number of carbonyl (C=O) groups excluding carboxylic acids is 2. The van der Waals surface area contributed by atoms with Gasteiger partial charge < -0.3 is 10.6 Å². The van der Waals surface area contributed by atoms with Crippen LogP contribution in [0.3, 0.4) is 0 Å². The van der Waals surface area contributed by atoms with E-state index < -0.39 is 29.1 Å². The summed E-state index contributed by atoms with van der Waals surface area (Å²) in [6.45, 7) is 0. The van der Waals surface area contributed by atoms with Crippen molar-refractivity contribution >= 4 is 17.5 Å². The van der Waals surface area contributed by atoms with E-state index in [-0.39, 0.29) is 6.04 Å². The van der Waals surface area contributed by atoms with Crippen molar-refractivity contribution in [1.82, 2.24) is 5.32 Å². The van der Waals surface area contributed by atoms with Crippen molar-refractivity contribution in [2.24, 2.45) is 0 Å². The average molecular weight is 240 g/mol. The SMILES string of the molecule is O=C(Nc1c(F)cccc1F)C(=O)NC1CC1. The lowest BCUT2D eigenvalue weighted by atomic mass is 10.3. The van der Waals surface area contributed by atoms with Gasteiger partial charge in [0.15, 0.2) is 0 Å². The minimum absolute atomic E-state index is 0.0127. The number of amides is 2. The predicted molar refractivity (Wildman–Crippen MR) is 56.2 cm³/mol. The first kappa shape index (κ1) is 11.5. The zero-order valence-electron chi connectivity index (χ0n) is 8.80. The summed E-state index contributed by atoms with van der Waals surface area (Å²) in [5.41, 5.74) is -0.608. The fourth-order valence-corrected chi connectivity index (χ4v) is 1.27. The molecule has 1 fully saturated rings. The van der Waals surface area contributed by atoms with E-state index in [1.165, 1.54) is 6.07 Å². The van der Waals surface area contributed by atoms with E-state index in [2.05, 4.69) is 5.32 Å². The van der Waals surface area contributed by atoms with Crippen LogP contribution in [-0.4, -0.2) is 17.9 Å². The molecule has 1 aromatic carbocycles. The topological polar surface area (TPSA) is 58.2 Å². The fourth-order valence-electron chi connectivity index (χ4n) is 1.27. The highest BCUT2D eigenvalue weighted by Crippen LogP contribution is 2.19. The van der Waals surface area contributed by atoms with Gasteiger partial charge in [-0.3, -0.25) is 9.59 Å². The van der Waals surface area contributed by atoms with E-state index in [9.17, 15) is 18.4 Å². The van der Waals surface area contributed by atoms with Crippen molar-refractivity contribution in [3.8, 4) is 0 Å². The minimum atomic E-state index is -1.07. The van der Waals surface area contributed by atoms with Crippen LogP contribution < -0.4 is 10.6 Å². The molecule has 2 N–H and O–H groups in total. The van der Waals surface area contributed by atoms with Crippen LogP contribution in [-0.2, 0) is 9.59 Å². The lowest BCUT2D eigenvalue weighted by Crippen LogP contribution is -2.37. The molecular formula is C11H10F2N2O2. The molecule has 2 rings (SSSR count). The van der Waals surface area contributed by atoms with Gasteiger partial charge in [0.25, 0.3) is 0 Å². The van der Waals surface area contributed by atoms with Crippen molar-refractivity contribution in [3.05, 3.63) is 29.8 Å². The fraction of sp³-hybridized carbons (Fsp3) is 0.273. The summed E-state index contributed by atoms with van der Waals surface area (Å²) >= 11 is 0. The number of carbonyl (C=O) groups is 2. The number of para-hydroxylation sites is 1. The maximum absolute atomic E-state index is 13.2. The van der Waals surface area contributed by atoms with Crippen molar-refractivity contribution < 1.29 is 18.4 Å². The molecule has 0 spiro atoms. The van der Waals surface area contributed by atoms with Crippen molar-refractivity contribution in [2.75, 3.05) is 5.32 Å². The Morgan fingerprint density at radius 3 is 2.24 bits per heavy atom. The molecule has 1 aromatic rings. The van der Waals surface area contributed by atoms with Crippen molar-refractivity contribution in [2.45, 2.75) is 18.9 Å². The van der Waals surface area contributed by atoms with Gasteiger partial charge >= 0.3 is 11.8 Å². The van der Waals surface area contributed by atoms with Crippen LogP contribution in [0, 0.1) is 11.6 Å². The second-order valence-electron chi connectivity index (χ2n) is 3.80. The molecule has 0 radical (unpaired) electrons. The highest BCUT2D eigenvalue weighted by molar-refractivity contribution is 6.39. The molecule has 2 amide bonds. The molecule has 90 valence electrons. The largest absolute Gasteiger partial charge is 0.345 e. The van der Waals surface area contributed by atoms with Crippen molar-refractivity contribution in [1.29, 1.82) is 0 Å². The standard InChI is InChI=1S/C11H10F2N2O2/c12-7-2-1-3-8(13)9(7)15-11(17)10(16)14-6-4-5-6/h1-3,6H,4-5H2,(H,14,16)(H,15,17). The molecule has 1 aliphatic carbocycles. The molecule has 0 bridgehead atoms. The molecule has 4 nitrogen and oxygen atoms in total. The lowest BCUT2D eigenvalue weighted by Gasteiger charge is -2.07. The summed E-state index contributed by atoms with van der Waals surface area (Å²) in [5, 5.41) is 4.33. The number of rotatable bonds is 2. The Kier molecular flexibility index (Phi) is 3.03. The molecule has 1 saturated carbocycles. The Morgan fingerprint density at radius 2 is 1.71 bits per heavy atom. The second kappa shape index (κ2) is 4.48. The van der Waals surface area contributed by atoms with E-state index in [0.717, 1.165) is 25.0 Å². The first-order valence-electron chi connectivity index (χ1n) is 5.14. The third kappa shape index (κ3) is 2.77. The maximum atomic E-state index is 13.2. The molecule has 0 saturated heterocycles. The Hall–Kier alpha value is -1.98. The average Bonchev–Trinajstić information content (AvgIpc) is 3.07. The summed E-state index contributed by atoms with van der Waals surface area (Å²) in [6, 6.07) is 3.18. The maximum Gasteiger partial charge on any atom is 0.313 e. The van der Waals surface area contributed by atoms with Crippen LogP contribution in [0.15, 0.2) is 18.2 Å². The van der Waals surface area contributed by atoms with Crippen LogP contribution in [0.4, 0.5) is 14.5 Å². The minimum Gasteiger partial charge on any atom is -0.345 e. The molecule has 0 unspecified atom stereocenters. The van der Waals surface area contributed by atoms with Gasteiger partial charge in [-0.1, -0.05) is 6.07 Å².